The van der Waals surface area contributed by atoms with Crippen molar-refractivity contribution in [2.24, 2.45) is 10.7 Å². The van der Waals surface area contributed by atoms with Crippen molar-refractivity contribution in [3.63, 3.8) is 0 Å². The minimum absolute atomic E-state index is 0.0129. The first kappa shape index (κ1) is 48.2. The lowest BCUT2D eigenvalue weighted by atomic mass is 10.1. The first-order valence-electron chi connectivity index (χ1n) is 19.9. The van der Waals surface area contributed by atoms with Crippen LogP contribution in [0.1, 0.15) is 56.7 Å². The van der Waals surface area contributed by atoms with Crippen LogP contribution < -0.4 is 21.7 Å². The molecule has 0 radical (unpaired) electrons. The lowest BCUT2D eigenvalue weighted by Crippen LogP contribution is -2.65. The lowest BCUT2D eigenvalue weighted by Gasteiger charge is -2.38. The summed E-state index contributed by atoms with van der Waals surface area (Å²) in [5.41, 5.74) is 6.35. The number of rotatable bonds is 16. The summed E-state index contributed by atoms with van der Waals surface area (Å²) in [6, 6.07) is 24.3. The van der Waals surface area contributed by atoms with Crippen molar-refractivity contribution in [3.8, 4) is 0 Å². The number of hydrogen-bond donors (Lipinski definition) is 5. The van der Waals surface area contributed by atoms with Crippen LogP contribution in [0.3, 0.4) is 0 Å². The molecule has 336 valence electrons. The molecule has 1 heterocycles. The van der Waals surface area contributed by atoms with Gasteiger partial charge in [-0.1, -0.05) is 91.0 Å². The molecule has 20 heteroatoms. The van der Waals surface area contributed by atoms with E-state index in [2.05, 4.69) is 20.9 Å². The highest BCUT2D eigenvalue weighted by Crippen LogP contribution is 2.17. The Morgan fingerprint density at radius 1 is 0.857 bits per heavy atom. The number of primary amides is 1. The molecule has 1 aliphatic heterocycles. The third-order valence-electron chi connectivity index (χ3n) is 9.03. The van der Waals surface area contributed by atoms with Gasteiger partial charge in [0, 0.05) is 26.1 Å². The molecule has 1 fully saturated rings. The number of carbonyl (C=O) groups excluding carboxylic acids is 7. The first-order valence-corrected chi connectivity index (χ1v) is 19.9. The van der Waals surface area contributed by atoms with Crippen molar-refractivity contribution < 1.29 is 52.5 Å². The molecular weight excluding hydrogens is 819 g/mol. The van der Waals surface area contributed by atoms with Crippen LogP contribution in [0, 0.1) is 5.41 Å². The predicted molar refractivity (Wildman–Crippen MR) is 227 cm³/mol. The van der Waals surface area contributed by atoms with Crippen molar-refractivity contribution in [1.82, 2.24) is 30.7 Å². The number of benzene rings is 3. The van der Waals surface area contributed by atoms with Gasteiger partial charge in [-0.05, 0) is 50.3 Å². The van der Waals surface area contributed by atoms with Gasteiger partial charge < -0.3 is 34.9 Å². The number of likely N-dealkylation sites (N-methyl/N-ethyl adjacent to an activating group) is 1. The smallest absolute Gasteiger partial charge is 0.417 e. The largest absolute Gasteiger partial charge is 0.445 e. The van der Waals surface area contributed by atoms with Gasteiger partial charge in [-0.15, -0.1) is 0 Å². The Kier molecular flexibility index (Phi) is 17.9. The second-order valence-corrected chi connectivity index (χ2v) is 15.2. The van der Waals surface area contributed by atoms with Gasteiger partial charge >= 0.3 is 24.4 Å². The number of ether oxygens (including phenoxy) is 4. The van der Waals surface area contributed by atoms with Gasteiger partial charge in [-0.3, -0.25) is 30.4 Å². The maximum absolute atomic E-state index is 13.9. The number of nitrogens with one attached hydrogen (secondary N) is 4. The van der Waals surface area contributed by atoms with E-state index in [1.165, 1.54) is 7.05 Å². The molecule has 1 saturated heterocycles. The summed E-state index contributed by atoms with van der Waals surface area (Å²) in [7, 11) is 1.34. The standard InChI is InChI=1S/C43H53N9O11/c1-43(2,3)63-42(59)52-25-33(36(55)48-38(52)46-24-34(44)53)50(4)35(54)23-32(47-39(56)60-26-29-15-8-5-9-16-29)21-14-22-51(41(58)62-28-31-19-12-7-13-20-31)37(45)49-40(57)61-27-30-17-10-6-11-18-30/h5-13,15-20,32-33H,14,21-28H2,1-4H3,(H2,44,53)(H,47,56)(H2,45,49,57)(H,46,48,55)/t32-,33?/m0/s1. The van der Waals surface area contributed by atoms with Gasteiger partial charge in [0.05, 0.1) is 6.54 Å². The van der Waals surface area contributed by atoms with E-state index in [9.17, 15) is 33.6 Å². The van der Waals surface area contributed by atoms with Gasteiger partial charge in [0.1, 0.15) is 38.0 Å². The highest BCUT2D eigenvalue weighted by atomic mass is 16.6. The molecular formula is C43H53N9O11. The van der Waals surface area contributed by atoms with Gasteiger partial charge in [-0.25, -0.2) is 34.0 Å². The molecule has 3 aromatic carbocycles. The number of nitrogens with zero attached hydrogens (tertiary/aromatic N) is 4. The van der Waals surface area contributed by atoms with E-state index >= 15 is 0 Å². The second kappa shape index (κ2) is 23.5. The van der Waals surface area contributed by atoms with Crippen molar-refractivity contribution in [2.75, 3.05) is 26.7 Å². The summed E-state index contributed by atoms with van der Waals surface area (Å²) >= 11 is 0. The number of nitrogens with two attached hydrogens (primary N) is 1. The van der Waals surface area contributed by atoms with Crippen molar-refractivity contribution in [2.45, 2.75) is 77.5 Å². The molecule has 6 N–H and O–H groups in total. The van der Waals surface area contributed by atoms with E-state index in [0.717, 1.165) is 14.7 Å². The zero-order chi connectivity index (χ0) is 45.9. The number of hydrogen-bond acceptors (Lipinski definition) is 13. The van der Waals surface area contributed by atoms with Gasteiger partial charge in [0.15, 0.2) is 0 Å². The molecule has 0 aromatic heterocycles. The Bertz CT molecular complexity index is 2100. The molecule has 0 bridgehead atoms. The van der Waals surface area contributed by atoms with Crippen molar-refractivity contribution in [3.05, 3.63) is 108 Å². The molecule has 63 heavy (non-hydrogen) atoms. The molecule has 7 amide bonds. The fraction of sp³-hybridized carbons (Fsp3) is 0.372. The molecule has 2 atom stereocenters. The average molecular weight is 872 g/mol. The summed E-state index contributed by atoms with van der Waals surface area (Å²) in [5.74, 6) is -3.12. The zero-order valence-electron chi connectivity index (χ0n) is 35.5. The van der Waals surface area contributed by atoms with Crippen LogP contribution in [0.2, 0.25) is 0 Å². The Labute approximate surface area is 364 Å². The Morgan fingerprint density at radius 2 is 1.38 bits per heavy atom. The van der Waals surface area contributed by atoms with Crippen LogP contribution in [-0.4, -0.2) is 113 Å². The molecule has 1 aliphatic rings. The number of guanidine groups is 2. The quantitative estimate of drug-likeness (QED) is 0.0781. The zero-order valence-corrected chi connectivity index (χ0v) is 35.5. The maximum atomic E-state index is 13.9. The fourth-order valence-electron chi connectivity index (χ4n) is 5.85. The Morgan fingerprint density at radius 3 is 1.90 bits per heavy atom. The number of amides is 7. The molecule has 0 spiro atoms. The summed E-state index contributed by atoms with van der Waals surface area (Å²) in [6.07, 6.45) is -4.08. The molecule has 20 nitrogen and oxygen atoms in total. The van der Waals surface area contributed by atoms with Crippen LogP contribution >= 0.6 is 0 Å². The molecule has 3 aromatic rings. The Balaban J connectivity index is 1.50. The first-order chi connectivity index (χ1) is 30.0. The van der Waals surface area contributed by atoms with Crippen LogP contribution in [0.4, 0.5) is 19.2 Å². The third kappa shape index (κ3) is 16.5. The molecule has 1 unspecified atom stereocenters. The minimum Gasteiger partial charge on any atom is -0.445 e. The van der Waals surface area contributed by atoms with Crippen LogP contribution in [0.5, 0.6) is 0 Å². The summed E-state index contributed by atoms with van der Waals surface area (Å²) in [5, 5.41) is 16.0. The van der Waals surface area contributed by atoms with E-state index in [1.54, 1.807) is 112 Å². The predicted octanol–water partition coefficient (Wildman–Crippen LogP) is 3.99. The van der Waals surface area contributed by atoms with Gasteiger partial charge in [0.25, 0.3) is 5.91 Å². The number of aliphatic imine (C=N–C) groups is 1. The van der Waals surface area contributed by atoms with Crippen molar-refractivity contribution >= 4 is 54.0 Å². The number of alkyl carbamates (subject to hydrolysis) is 2. The van der Waals surface area contributed by atoms with Crippen LogP contribution in [0.15, 0.2) is 96.0 Å². The third-order valence-corrected chi connectivity index (χ3v) is 9.03. The average Bonchev–Trinajstić information content (AvgIpc) is 3.24. The van der Waals surface area contributed by atoms with E-state index in [4.69, 9.17) is 30.1 Å². The second-order valence-electron chi connectivity index (χ2n) is 15.2. The van der Waals surface area contributed by atoms with Gasteiger partial charge in [-0.2, -0.15) is 0 Å². The monoisotopic (exact) mass is 871 g/mol. The fourth-order valence-corrected chi connectivity index (χ4v) is 5.85. The van der Waals surface area contributed by atoms with Crippen molar-refractivity contribution in [1.29, 1.82) is 5.41 Å². The summed E-state index contributed by atoms with van der Waals surface area (Å²) < 4.78 is 21.6. The molecule has 0 saturated carbocycles. The topological polar surface area (TPSA) is 264 Å². The normalized spacial score (nSPS) is 14.6. The van der Waals surface area contributed by atoms with E-state index in [-0.39, 0.29) is 45.2 Å². The summed E-state index contributed by atoms with van der Waals surface area (Å²) in [6.45, 7) is 3.40. The van der Waals surface area contributed by atoms with E-state index < -0.39 is 85.2 Å². The highest BCUT2D eigenvalue weighted by Gasteiger charge is 2.40. The Hall–Kier alpha value is -7.51. The minimum atomic E-state index is -1.27. The van der Waals surface area contributed by atoms with Crippen LogP contribution in [0.25, 0.3) is 0 Å². The number of carbonyl (C=O) groups is 7. The highest BCUT2D eigenvalue weighted by molar-refractivity contribution is 6.08. The maximum Gasteiger partial charge on any atom is 0.417 e. The molecule has 0 aliphatic carbocycles. The SMILES string of the molecule is CN(C(=O)C[C@H](CCCN(C(=N)NC(=O)OCc1ccccc1)C(=O)OCc1ccccc1)NC(=O)OCc1ccccc1)C1CN(C(=O)OC(C)(C)C)C(=NCC(N)=O)NC1=O. The lowest BCUT2D eigenvalue weighted by molar-refractivity contribution is -0.140. The van der Waals surface area contributed by atoms with Crippen LogP contribution in [-0.2, 0) is 53.2 Å². The van der Waals surface area contributed by atoms with E-state index in [0.29, 0.717) is 16.7 Å². The van der Waals surface area contributed by atoms with Gasteiger partial charge in [0.2, 0.25) is 23.7 Å². The summed E-state index contributed by atoms with van der Waals surface area (Å²) in [4.78, 5) is 98.1. The van der Waals surface area contributed by atoms with E-state index in [1.807, 2.05) is 0 Å². The molecule has 4 rings (SSSR count).